The fourth-order valence-electron chi connectivity index (χ4n) is 1.17. The summed E-state index contributed by atoms with van der Waals surface area (Å²) in [4.78, 5) is 32.6. The largest absolute Gasteiger partial charge is 0.469 e. The monoisotopic (exact) mass is 578 g/mol. The third-order valence-corrected chi connectivity index (χ3v) is 7.46. The van der Waals surface area contributed by atoms with E-state index in [1.807, 2.05) is 13.8 Å². The molecular formula is C23H54N4O8S2. The van der Waals surface area contributed by atoms with Crippen LogP contribution in [0, 0.1) is 17.8 Å². The minimum Gasteiger partial charge on any atom is -0.469 e. The summed E-state index contributed by atoms with van der Waals surface area (Å²) in [6.45, 7) is 17.3. The van der Waals surface area contributed by atoms with Crippen molar-refractivity contribution >= 4 is 37.8 Å². The van der Waals surface area contributed by atoms with Crippen LogP contribution < -0.4 is 10.9 Å². The molecule has 0 radical (unpaired) electrons. The molecule has 0 rings (SSSR count). The quantitative estimate of drug-likeness (QED) is 0.445. The molecule has 12 nitrogen and oxygen atoms in total. The lowest BCUT2D eigenvalue weighted by atomic mass is 10.2. The maximum absolute atomic E-state index is 11.0. The van der Waals surface area contributed by atoms with Gasteiger partial charge < -0.3 is 15.4 Å². The molecule has 0 heterocycles. The van der Waals surface area contributed by atoms with Gasteiger partial charge in [0.05, 0.1) is 23.5 Å². The van der Waals surface area contributed by atoms with Crippen LogP contribution in [0.3, 0.4) is 0 Å². The third-order valence-electron chi connectivity index (χ3n) is 3.94. The van der Waals surface area contributed by atoms with Gasteiger partial charge in [0, 0.05) is 40.0 Å². The molecule has 0 fully saturated rings. The standard InChI is InChI=1S/C6H13NO.C5H13NO2S.C5H10O2.C4H9NO.C3H9NO2S/c1-5(2)6(8)7(3)4;1-5(2)9(7,8)6(3)4;1-4(2)5(6)7-3;1-3(2)4(5)6;1-3(2)7(4,5)6/h5H,1-4H3;5H,1-4H3;4H,1-3H3;3H,1-2H3,(H2,5,6);3H,1-2H3,(H2,4,5,6). The second-order valence-electron chi connectivity index (χ2n) is 9.64. The molecule has 0 atom stereocenters. The van der Waals surface area contributed by atoms with E-state index in [1.54, 1.807) is 60.5 Å². The Kier molecular flexibility index (Phi) is 27.1. The van der Waals surface area contributed by atoms with Crippen LogP contribution in [0.1, 0.15) is 69.2 Å². The van der Waals surface area contributed by atoms with E-state index in [4.69, 9.17) is 5.73 Å². The summed E-state index contributed by atoms with van der Waals surface area (Å²) >= 11 is 0. The first kappa shape index (κ1) is 45.2. The highest BCUT2D eigenvalue weighted by Gasteiger charge is 2.17. The molecule has 0 aromatic carbocycles. The molecule has 226 valence electrons. The van der Waals surface area contributed by atoms with Gasteiger partial charge in [-0.3, -0.25) is 14.4 Å². The first-order valence-corrected chi connectivity index (χ1v) is 14.8. The van der Waals surface area contributed by atoms with Crippen LogP contribution in [0.25, 0.3) is 0 Å². The van der Waals surface area contributed by atoms with Crippen LogP contribution in [-0.2, 0) is 39.2 Å². The number of nitrogens with two attached hydrogens (primary N) is 2. The molecule has 14 heteroatoms. The zero-order chi connectivity index (χ0) is 31.5. The molecule has 0 unspecified atom stereocenters. The zero-order valence-corrected chi connectivity index (χ0v) is 27.2. The Morgan fingerprint density at radius 2 is 0.973 bits per heavy atom. The Balaban J connectivity index is -0.000000116. The number of amides is 2. The first-order valence-electron chi connectivity index (χ1n) is 11.7. The number of esters is 1. The number of rotatable bonds is 6. The molecule has 0 aliphatic heterocycles. The van der Waals surface area contributed by atoms with E-state index in [9.17, 15) is 31.2 Å². The van der Waals surface area contributed by atoms with Gasteiger partial charge in [-0.25, -0.2) is 26.3 Å². The van der Waals surface area contributed by atoms with E-state index in [2.05, 4.69) is 9.88 Å². The maximum atomic E-state index is 11.0. The van der Waals surface area contributed by atoms with Crippen molar-refractivity contribution in [1.29, 1.82) is 0 Å². The summed E-state index contributed by atoms with van der Waals surface area (Å²) in [5, 5.41) is 3.89. The summed E-state index contributed by atoms with van der Waals surface area (Å²) < 4.78 is 47.7. The van der Waals surface area contributed by atoms with E-state index in [0.717, 1.165) is 0 Å². The highest BCUT2D eigenvalue weighted by molar-refractivity contribution is 7.89. The van der Waals surface area contributed by atoms with Crippen molar-refractivity contribution in [2.45, 2.75) is 79.7 Å². The summed E-state index contributed by atoms with van der Waals surface area (Å²) in [6, 6.07) is 0. The molecule has 2 amide bonds. The van der Waals surface area contributed by atoms with Crippen molar-refractivity contribution in [2.24, 2.45) is 28.6 Å². The topological polar surface area (TPSA) is 187 Å². The molecule has 0 aliphatic carbocycles. The number of carbonyl (C=O) groups is 3. The van der Waals surface area contributed by atoms with Crippen LogP contribution in [0.5, 0.6) is 0 Å². The number of primary sulfonamides is 1. The fraction of sp³-hybridized carbons (Fsp3) is 0.870. The minimum atomic E-state index is -3.24. The molecular weight excluding hydrogens is 524 g/mol. The van der Waals surface area contributed by atoms with Gasteiger partial charge in [0.25, 0.3) is 0 Å². The summed E-state index contributed by atoms with van der Waals surface area (Å²) in [6.07, 6.45) is 0. The number of carbonyl (C=O) groups excluding carboxylic acids is 3. The highest BCUT2D eigenvalue weighted by atomic mass is 32.2. The molecule has 0 aromatic heterocycles. The SMILES string of the molecule is CC(C)C(=O)N(C)C.CC(C)C(N)=O.CC(C)S(=O)(=O)N(C)C.CC(C)S(N)(=O)=O.COC(=O)C(C)C. The normalized spacial score (nSPS) is 10.9. The molecule has 0 saturated carbocycles. The Morgan fingerprint density at radius 3 is 0.973 bits per heavy atom. The Morgan fingerprint density at radius 1 is 0.676 bits per heavy atom. The number of hydrogen-bond donors (Lipinski definition) is 2. The Bertz CT molecular complexity index is 811. The van der Waals surface area contributed by atoms with E-state index < -0.39 is 25.3 Å². The number of methoxy groups -OCH3 is 1. The number of primary amides is 1. The Labute approximate surface area is 226 Å². The van der Waals surface area contributed by atoms with E-state index in [-0.39, 0.29) is 40.8 Å². The summed E-state index contributed by atoms with van der Waals surface area (Å²) in [5.74, 6) is -0.0833. The fourth-order valence-corrected chi connectivity index (χ4v) is 2.02. The third kappa shape index (κ3) is 30.3. The van der Waals surface area contributed by atoms with Gasteiger partial charge in [-0.05, 0) is 27.7 Å². The molecule has 0 spiro atoms. The van der Waals surface area contributed by atoms with Crippen molar-refractivity contribution < 1.29 is 36.0 Å². The number of hydrogen-bond acceptors (Lipinski definition) is 8. The van der Waals surface area contributed by atoms with Crippen molar-refractivity contribution in [1.82, 2.24) is 9.21 Å². The number of ether oxygens (including phenoxy) is 1. The van der Waals surface area contributed by atoms with E-state index >= 15 is 0 Å². The second kappa shape index (κ2) is 22.2. The van der Waals surface area contributed by atoms with Gasteiger partial charge >= 0.3 is 5.97 Å². The van der Waals surface area contributed by atoms with Gasteiger partial charge in [-0.2, -0.15) is 0 Å². The highest BCUT2D eigenvalue weighted by Crippen LogP contribution is 2.01. The predicted molar refractivity (Wildman–Crippen MR) is 150 cm³/mol. The lowest BCUT2D eigenvalue weighted by Crippen LogP contribution is -2.29. The molecule has 0 bridgehead atoms. The van der Waals surface area contributed by atoms with E-state index in [0.29, 0.717) is 0 Å². The van der Waals surface area contributed by atoms with Crippen LogP contribution in [-0.4, -0.2) is 89.6 Å². The van der Waals surface area contributed by atoms with Gasteiger partial charge in [0.1, 0.15) is 0 Å². The summed E-state index contributed by atoms with van der Waals surface area (Å²) in [7, 11) is 1.78. The van der Waals surface area contributed by atoms with Crippen LogP contribution in [0.2, 0.25) is 0 Å². The van der Waals surface area contributed by atoms with Gasteiger partial charge in [0.2, 0.25) is 31.9 Å². The van der Waals surface area contributed by atoms with Crippen LogP contribution in [0.15, 0.2) is 0 Å². The van der Waals surface area contributed by atoms with E-state index in [1.165, 1.54) is 39.4 Å². The first-order chi connectivity index (χ1) is 16.2. The maximum Gasteiger partial charge on any atom is 0.308 e. The van der Waals surface area contributed by atoms with Crippen molar-refractivity contribution in [2.75, 3.05) is 35.3 Å². The Hall–Kier alpha value is -1.77. The van der Waals surface area contributed by atoms with Crippen LogP contribution >= 0.6 is 0 Å². The second-order valence-corrected chi connectivity index (χ2v) is 14.5. The molecule has 0 aliphatic rings. The molecule has 0 aromatic rings. The van der Waals surface area contributed by atoms with Crippen LogP contribution in [0.4, 0.5) is 0 Å². The van der Waals surface area contributed by atoms with Crippen molar-refractivity contribution in [3.63, 3.8) is 0 Å². The van der Waals surface area contributed by atoms with Gasteiger partial charge in [-0.15, -0.1) is 0 Å². The lowest BCUT2D eigenvalue weighted by Gasteiger charge is -2.13. The van der Waals surface area contributed by atoms with Crippen molar-refractivity contribution in [3.05, 3.63) is 0 Å². The summed E-state index contributed by atoms with van der Waals surface area (Å²) in [5.41, 5.74) is 4.80. The predicted octanol–water partition coefficient (Wildman–Crippen LogP) is 1.64. The molecule has 0 saturated heterocycles. The zero-order valence-electron chi connectivity index (χ0n) is 25.5. The molecule has 37 heavy (non-hydrogen) atoms. The smallest absolute Gasteiger partial charge is 0.308 e. The van der Waals surface area contributed by atoms with Gasteiger partial charge in [0.15, 0.2) is 0 Å². The minimum absolute atomic E-state index is 0.00463. The average Bonchev–Trinajstić information content (AvgIpc) is 2.72. The van der Waals surface area contributed by atoms with Crippen molar-refractivity contribution in [3.8, 4) is 0 Å². The van der Waals surface area contributed by atoms with Gasteiger partial charge in [-0.1, -0.05) is 41.5 Å². The molecule has 4 N–H and O–H groups in total. The number of sulfonamides is 2. The lowest BCUT2D eigenvalue weighted by molar-refractivity contribution is -0.144. The average molecular weight is 579 g/mol. The number of nitrogens with zero attached hydrogens (tertiary/aromatic N) is 2.